The Bertz CT molecular complexity index is 1670. The third-order valence-corrected chi connectivity index (χ3v) is 6.27. The van der Waals surface area contributed by atoms with Gasteiger partial charge in [0.05, 0.1) is 16.9 Å². The highest BCUT2D eigenvalue weighted by molar-refractivity contribution is 6.32. The molecule has 1 amide bonds. The zero-order chi connectivity index (χ0) is 27.2. The van der Waals surface area contributed by atoms with Crippen molar-refractivity contribution in [1.82, 2.24) is 15.1 Å². The Hall–Kier alpha value is -4.88. The van der Waals surface area contributed by atoms with E-state index in [-0.39, 0.29) is 17.3 Å². The van der Waals surface area contributed by atoms with E-state index in [9.17, 15) is 9.59 Å². The highest BCUT2D eigenvalue weighted by Crippen LogP contribution is 2.30. The number of nitrogens with zero attached hydrogens (tertiary/aromatic N) is 2. The molecule has 0 fully saturated rings. The Kier molecular flexibility index (Phi) is 7.70. The van der Waals surface area contributed by atoms with Gasteiger partial charge in [-0.1, -0.05) is 66.2 Å². The van der Waals surface area contributed by atoms with E-state index in [4.69, 9.17) is 16.3 Å². The lowest BCUT2D eigenvalue weighted by atomic mass is 10.1. The van der Waals surface area contributed by atoms with E-state index in [0.717, 1.165) is 11.1 Å². The molecule has 5 rings (SSSR count). The molecular formula is C31H25ClN4O3. The maximum atomic E-state index is 13.6. The maximum absolute atomic E-state index is 13.6. The highest BCUT2D eigenvalue weighted by atomic mass is 35.5. The summed E-state index contributed by atoms with van der Waals surface area (Å²) in [6.07, 6.45) is 1.47. The second kappa shape index (κ2) is 11.7. The first kappa shape index (κ1) is 25.8. The largest absolute Gasteiger partial charge is 0.453 e. The fraction of sp³-hybridized carbons (Fsp3) is 0.0645. The second-order valence-corrected chi connectivity index (χ2v) is 9.25. The lowest BCUT2D eigenvalue weighted by Gasteiger charge is -2.15. The normalized spacial score (nSPS) is 10.6. The summed E-state index contributed by atoms with van der Waals surface area (Å²) >= 11 is 6.35. The van der Waals surface area contributed by atoms with E-state index in [1.54, 1.807) is 54.6 Å². The van der Waals surface area contributed by atoms with Crippen molar-refractivity contribution in [2.75, 3.05) is 5.32 Å². The molecule has 0 atom stereocenters. The van der Waals surface area contributed by atoms with Crippen LogP contribution in [0.4, 0.5) is 11.4 Å². The van der Waals surface area contributed by atoms with Crippen molar-refractivity contribution in [2.45, 2.75) is 13.5 Å². The SMILES string of the molecule is Cc1cccc(Oc2cnn(-c3ccccc3Cl)c(=O)c2Nc2ccc(C(=O)NCc3ccccc3)cc2)c1. The molecule has 1 heterocycles. The molecule has 0 saturated heterocycles. The molecule has 0 aliphatic rings. The summed E-state index contributed by atoms with van der Waals surface area (Å²) in [7, 11) is 0. The van der Waals surface area contributed by atoms with Crippen molar-refractivity contribution in [2.24, 2.45) is 0 Å². The minimum Gasteiger partial charge on any atom is -0.453 e. The van der Waals surface area contributed by atoms with Gasteiger partial charge in [-0.05, 0) is 66.6 Å². The van der Waals surface area contributed by atoms with Crippen molar-refractivity contribution in [3.8, 4) is 17.2 Å². The van der Waals surface area contributed by atoms with Gasteiger partial charge in [0.15, 0.2) is 11.4 Å². The molecule has 1 aromatic heterocycles. The summed E-state index contributed by atoms with van der Waals surface area (Å²) in [4.78, 5) is 26.3. The third kappa shape index (κ3) is 6.17. The molecule has 0 radical (unpaired) electrons. The number of amides is 1. The number of hydrogen-bond acceptors (Lipinski definition) is 5. The van der Waals surface area contributed by atoms with Gasteiger partial charge in [-0.25, -0.2) is 0 Å². The number of aryl methyl sites for hydroxylation is 1. The van der Waals surface area contributed by atoms with Crippen LogP contribution in [0.2, 0.25) is 5.02 Å². The number of anilines is 2. The van der Waals surface area contributed by atoms with Crippen molar-refractivity contribution in [3.05, 3.63) is 141 Å². The number of carbonyl (C=O) groups is 1. The lowest BCUT2D eigenvalue weighted by Crippen LogP contribution is -2.24. The summed E-state index contributed by atoms with van der Waals surface area (Å²) in [6.45, 7) is 2.38. The van der Waals surface area contributed by atoms with E-state index in [1.807, 2.05) is 55.5 Å². The summed E-state index contributed by atoms with van der Waals surface area (Å²) in [5.74, 6) is 0.623. The average Bonchev–Trinajstić information content (AvgIpc) is 2.95. The highest BCUT2D eigenvalue weighted by Gasteiger charge is 2.17. The molecule has 7 nitrogen and oxygen atoms in total. The van der Waals surface area contributed by atoms with Crippen LogP contribution >= 0.6 is 11.6 Å². The summed E-state index contributed by atoms with van der Waals surface area (Å²) in [5, 5.41) is 10.8. The van der Waals surface area contributed by atoms with Crippen molar-refractivity contribution in [3.63, 3.8) is 0 Å². The van der Waals surface area contributed by atoms with Gasteiger partial charge in [0.25, 0.3) is 11.5 Å². The molecule has 39 heavy (non-hydrogen) atoms. The smallest absolute Gasteiger partial charge is 0.299 e. The van der Waals surface area contributed by atoms with Crippen molar-refractivity contribution in [1.29, 1.82) is 0 Å². The van der Waals surface area contributed by atoms with Crippen molar-refractivity contribution >= 4 is 28.9 Å². The number of hydrogen-bond donors (Lipinski definition) is 2. The van der Waals surface area contributed by atoms with Gasteiger partial charge in [0.1, 0.15) is 5.75 Å². The molecule has 0 unspecified atom stereocenters. The van der Waals surface area contributed by atoms with Gasteiger partial charge >= 0.3 is 0 Å². The number of rotatable bonds is 8. The Labute approximate surface area is 230 Å². The van der Waals surface area contributed by atoms with E-state index in [2.05, 4.69) is 15.7 Å². The van der Waals surface area contributed by atoms with Gasteiger partial charge in [-0.3, -0.25) is 9.59 Å². The van der Waals surface area contributed by atoms with Gasteiger partial charge in [0.2, 0.25) is 0 Å². The lowest BCUT2D eigenvalue weighted by molar-refractivity contribution is 0.0951. The van der Waals surface area contributed by atoms with Gasteiger partial charge < -0.3 is 15.4 Å². The zero-order valence-corrected chi connectivity index (χ0v) is 21.9. The average molecular weight is 537 g/mol. The van der Waals surface area contributed by atoms with Gasteiger partial charge in [-0.2, -0.15) is 9.78 Å². The van der Waals surface area contributed by atoms with E-state index in [0.29, 0.717) is 34.3 Å². The summed E-state index contributed by atoms with van der Waals surface area (Å²) < 4.78 is 7.29. The van der Waals surface area contributed by atoms with Crippen LogP contribution in [-0.4, -0.2) is 15.7 Å². The minimum absolute atomic E-state index is 0.174. The van der Waals surface area contributed by atoms with Crippen LogP contribution in [0.15, 0.2) is 114 Å². The molecule has 8 heteroatoms. The summed E-state index contributed by atoms with van der Waals surface area (Å²) in [6, 6.07) is 31.0. The molecule has 0 aliphatic carbocycles. The number of ether oxygens (including phenoxy) is 1. The predicted octanol–water partition coefficient (Wildman–Crippen LogP) is 6.66. The van der Waals surface area contributed by atoms with Crippen LogP contribution in [0.1, 0.15) is 21.5 Å². The van der Waals surface area contributed by atoms with Gasteiger partial charge in [-0.15, -0.1) is 0 Å². The third-order valence-electron chi connectivity index (χ3n) is 5.95. The topological polar surface area (TPSA) is 85.2 Å². The molecule has 0 spiro atoms. The first-order valence-corrected chi connectivity index (χ1v) is 12.7. The molecular weight excluding hydrogens is 512 g/mol. The number of aromatic nitrogens is 2. The summed E-state index contributed by atoms with van der Waals surface area (Å²) in [5.41, 5.74) is 3.29. The van der Waals surface area contributed by atoms with Crippen LogP contribution in [-0.2, 0) is 6.54 Å². The number of halogens is 1. The fourth-order valence-corrected chi connectivity index (χ4v) is 4.18. The monoisotopic (exact) mass is 536 g/mol. The van der Waals surface area contributed by atoms with Crippen LogP contribution < -0.4 is 20.9 Å². The quantitative estimate of drug-likeness (QED) is 0.231. The molecule has 4 aromatic carbocycles. The maximum Gasteiger partial charge on any atom is 0.299 e. The predicted molar refractivity (Wildman–Crippen MR) is 153 cm³/mol. The Morgan fingerprint density at radius 1 is 0.923 bits per heavy atom. The second-order valence-electron chi connectivity index (χ2n) is 8.84. The first-order valence-electron chi connectivity index (χ1n) is 12.3. The van der Waals surface area contributed by atoms with Crippen LogP contribution in [0.3, 0.4) is 0 Å². The fourth-order valence-electron chi connectivity index (χ4n) is 3.96. The Morgan fingerprint density at radius 2 is 1.67 bits per heavy atom. The minimum atomic E-state index is -0.446. The van der Waals surface area contributed by atoms with Gasteiger partial charge in [0, 0.05) is 17.8 Å². The standard InChI is InChI=1S/C31H25ClN4O3/c1-21-8-7-11-25(18-21)39-28-20-34-36(27-13-6-5-12-26(27)32)31(38)29(28)35-24-16-14-23(15-17-24)30(37)33-19-22-9-3-2-4-10-22/h2-18,20,35H,19H2,1H3,(H,33,37). The van der Waals surface area contributed by atoms with E-state index < -0.39 is 5.56 Å². The molecule has 5 aromatic rings. The zero-order valence-electron chi connectivity index (χ0n) is 21.1. The van der Waals surface area contributed by atoms with Crippen LogP contribution in [0.25, 0.3) is 5.69 Å². The number of benzene rings is 4. The van der Waals surface area contributed by atoms with Crippen LogP contribution in [0, 0.1) is 6.92 Å². The molecule has 0 aliphatic heterocycles. The molecule has 0 saturated carbocycles. The van der Waals surface area contributed by atoms with Crippen molar-refractivity contribution < 1.29 is 9.53 Å². The molecule has 0 bridgehead atoms. The molecule has 194 valence electrons. The molecule has 2 N–H and O–H groups in total. The van der Waals surface area contributed by atoms with E-state index >= 15 is 0 Å². The number of carbonyl (C=O) groups excluding carboxylic acids is 1. The number of para-hydroxylation sites is 1. The van der Waals surface area contributed by atoms with E-state index in [1.165, 1.54) is 10.9 Å². The van der Waals surface area contributed by atoms with Crippen LogP contribution in [0.5, 0.6) is 11.5 Å². The Morgan fingerprint density at radius 3 is 2.41 bits per heavy atom. The number of nitrogens with one attached hydrogen (secondary N) is 2. The Balaban J connectivity index is 1.43. The first-order chi connectivity index (χ1) is 19.0.